The summed E-state index contributed by atoms with van der Waals surface area (Å²) in [5.41, 5.74) is 1.94. The summed E-state index contributed by atoms with van der Waals surface area (Å²) in [5, 5.41) is 13.1. The highest BCUT2D eigenvalue weighted by Crippen LogP contribution is 2.43. The average molecular weight is 295 g/mol. The molecule has 3 rings (SSSR count). The second-order valence-electron chi connectivity index (χ2n) is 6.03. The third-order valence-electron chi connectivity index (χ3n) is 4.66. The maximum Gasteiger partial charge on any atom is 0.253 e. The van der Waals surface area contributed by atoms with E-state index in [-0.39, 0.29) is 11.3 Å². The number of carbonyl (C=O) groups is 1. The third-order valence-corrected chi connectivity index (χ3v) is 4.66. The van der Waals surface area contributed by atoms with Gasteiger partial charge in [-0.05, 0) is 24.0 Å². The van der Waals surface area contributed by atoms with Crippen LogP contribution in [-0.4, -0.2) is 17.6 Å². The molecular weight excluding hydrogens is 274 g/mol. The normalized spacial score (nSPS) is 17.3. The molecule has 1 amide bonds. The van der Waals surface area contributed by atoms with Crippen molar-refractivity contribution in [1.82, 2.24) is 5.32 Å². The van der Waals surface area contributed by atoms with Crippen molar-refractivity contribution < 1.29 is 9.90 Å². The third kappa shape index (κ3) is 2.90. The fourth-order valence-electron chi connectivity index (χ4n) is 3.10. The molecule has 3 nitrogen and oxygen atoms in total. The first-order chi connectivity index (χ1) is 10.7. The van der Waals surface area contributed by atoms with Crippen molar-refractivity contribution in [2.24, 2.45) is 0 Å². The molecule has 2 aromatic carbocycles. The van der Waals surface area contributed by atoms with Crippen molar-refractivity contribution in [2.75, 3.05) is 6.54 Å². The Bertz CT molecular complexity index is 620. The van der Waals surface area contributed by atoms with Gasteiger partial charge in [-0.3, -0.25) is 4.79 Å². The van der Waals surface area contributed by atoms with Crippen LogP contribution in [0.15, 0.2) is 60.7 Å². The maximum absolute atomic E-state index is 12.2. The second-order valence-corrected chi connectivity index (χ2v) is 6.03. The standard InChI is InChI=1S/C19H21NO2/c21-17(15-8-3-1-4-9-15)18(22)20-14-19(12-7-13-19)16-10-5-2-6-11-16/h1-6,8-11,17,21H,7,12-14H2,(H,20,22). The van der Waals surface area contributed by atoms with Crippen molar-refractivity contribution in [1.29, 1.82) is 0 Å². The Balaban J connectivity index is 1.65. The number of hydrogen-bond acceptors (Lipinski definition) is 2. The predicted octanol–water partition coefficient (Wildman–Crippen LogP) is 2.96. The van der Waals surface area contributed by atoms with E-state index >= 15 is 0 Å². The van der Waals surface area contributed by atoms with E-state index in [4.69, 9.17) is 0 Å². The van der Waals surface area contributed by atoms with Crippen LogP contribution in [0.4, 0.5) is 0 Å². The lowest BCUT2D eigenvalue weighted by atomic mass is 9.64. The van der Waals surface area contributed by atoms with Gasteiger partial charge in [0, 0.05) is 12.0 Å². The fraction of sp³-hybridized carbons (Fsp3) is 0.316. The van der Waals surface area contributed by atoms with E-state index in [1.165, 1.54) is 12.0 Å². The summed E-state index contributed by atoms with van der Waals surface area (Å²) in [6.07, 6.45) is 2.25. The van der Waals surface area contributed by atoms with Crippen LogP contribution < -0.4 is 5.32 Å². The van der Waals surface area contributed by atoms with E-state index in [9.17, 15) is 9.90 Å². The molecule has 2 N–H and O–H groups in total. The van der Waals surface area contributed by atoms with Crippen LogP contribution in [0.1, 0.15) is 36.5 Å². The highest BCUT2D eigenvalue weighted by molar-refractivity contribution is 5.82. The molecule has 0 aliphatic heterocycles. The molecule has 0 aromatic heterocycles. The molecule has 1 unspecified atom stereocenters. The molecule has 1 fully saturated rings. The van der Waals surface area contributed by atoms with E-state index in [1.54, 1.807) is 12.1 Å². The number of aliphatic hydroxyl groups excluding tert-OH is 1. The zero-order valence-corrected chi connectivity index (χ0v) is 12.5. The zero-order valence-electron chi connectivity index (χ0n) is 12.5. The number of nitrogens with one attached hydrogen (secondary N) is 1. The molecular formula is C19H21NO2. The van der Waals surface area contributed by atoms with Crippen molar-refractivity contribution in [3.63, 3.8) is 0 Å². The van der Waals surface area contributed by atoms with Crippen LogP contribution in [0, 0.1) is 0 Å². The molecule has 1 atom stereocenters. The van der Waals surface area contributed by atoms with E-state index < -0.39 is 6.10 Å². The Labute approximate surface area is 131 Å². The van der Waals surface area contributed by atoms with Crippen molar-refractivity contribution in [2.45, 2.75) is 30.8 Å². The quantitative estimate of drug-likeness (QED) is 0.891. The van der Waals surface area contributed by atoms with Crippen LogP contribution >= 0.6 is 0 Å². The lowest BCUT2D eigenvalue weighted by Crippen LogP contribution is -2.46. The van der Waals surface area contributed by atoms with Gasteiger partial charge in [-0.25, -0.2) is 0 Å². The molecule has 0 bridgehead atoms. The SMILES string of the molecule is O=C(NCC1(c2ccccc2)CCC1)C(O)c1ccccc1. The number of hydrogen-bond donors (Lipinski definition) is 2. The molecule has 1 saturated carbocycles. The summed E-state index contributed by atoms with van der Waals surface area (Å²) in [7, 11) is 0. The monoisotopic (exact) mass is 295 g/mol. The van der Waals surface area contributed by atoms with Gasteiger partial charge in [0.2, 0.25) is 0 Å². The Morgan fingerprint density at radius 1 is 1.05 bits per heavy atom. The number of rotatable bonds is 5. The molecule has 0 spiro atoms. The summed E-state index contributed by atoms with van der Waals surface area (Å²) in [6.45, 7) is 0.583. The van der Waals surface area contributed by atoms with Crippen molar-refractivity contribution in [3.8, 4) is 0 Å². The van der Waals surface area contributed by atoms with Crippen LogP contribution in [0.3, 0.4) is 0 Å². The van der Waals surface area contributed by atoms with Gasteiger partial charge in [-0.15, -0.1) is 0 Å². The van der Waals surface area contributed by atoms with Gasteiger partial charge in [-0.2, -0.15) is 0 Å². The van der Waals surface area contributed by atoms with Crippen LogP contribution in [0.5, 0.6) is 0 Å². The molecule has 0 saturated heterocycles. The molecule has 0 heterocycles. The molecule has 1 aliphatic rings. The zero-order chi connectivity index (χ0) is 15.4. The molecule has 3 heteroatoms. The first kappa shape index (κ1) is 14.8. The number of aliphatic hydroxyl groups is 1. The minimum absolute atomic E-state index is 0.0350. The highest BCUT2D eigenvalue weighted by Gasteiger charge is 2.39. The van der Waals surface area contributed by atoms with Crippen LogP contribution in [-0.2, 0) is 10.2 Å². The van der Waals surface area contributed by atoms with E-state index in [2.05, 4.69) is 17.4 Å². The Hall–Kier alpha value is -2.13. The van der Waals surface area contributed by atoms with Gasteiger partial charge in [0.1, 0.15) is 0 Å². The van der Waals surface area contributed by atoms with Gasteiger partial charge >= 0.3 is 0 Å². The van der Waals surface area contributed by atoms with E-state index in [0.29, 0.717) is 12.1 Å². The lowest BCUT2D eigenvalue weighted by Gasteiger charge is -2.42. The largest absolute Gasteiger partial charge is 0.378 e. The maximum atomic E-state index is 12.2. The van der Waals surface area contributed by atoms with Gasteiger partial charge < -0.3 is 10.4 Å². The Morgan fingerprint density at radius 3 is 2.18 bits per heavy atom. The first-order valence-electron chi connectivity index (χ1n) is 7.78. The van der Waals surface area contributed by atoms with Gasteiger partial charge in [-0.1, -0.05) is 67.1 Å². The van der Waals surface area contributed by atoms with Crippen molar-refractivity contribution in [3.05, 3.63) is 71.8 Å². The molecule has 0 radical (unpaired) electrons. The minimum Gasteiger partial charge on any atom is -0.378 e. The molecule has 2 aromatic rings. The van der Waals surface area contributed by atoms with Crippen LogP contribution in [0.25, 0.3) is 0 Å². The summed E-state index contributed by atoms with van der Waals surface area (Å²) >= 11 is 0. The Morgan fingerprint density at radius 2 is 1.64 bits per heavy atom. The number of benzene rings is 2. The summed E-state index contributed by atoms with van der Waals surface area (Å²) in [4.78, 5) is 12.2. The van der Waals surface area contributed by atoms with Gasteiger partial charge in [0.15, 0.2) is 6.10 Å². The highest BCUT2D eigenvalue weighted by atomic mass is 16.3. The summed E-state index contributed by atoms with van der Waals surface area (Å²) in [6, 6.07) is 19.4. The van der Waals surface area contributed by atoms with E-state index in [0.717, 1.165) is 12.8 Å². The lowest BCUT2D eigenvalue weighted by molar-refractivity contribution is -0.130. The van der Waals surface area contributed by atoms with Crippen LogP contribution in [0.2, 0.25) is 0 Å². The first-order valence-corrected chi connectivity index (χ1v) is 7.78. The minimum atomic E-state index is -1.10. The topological polar surface area (TPSA) is 49.3 Å². The predicted molar refractivity (Wildman–Crippen MR) is 86.4 cm³/mol. The van der Waals surface area contributed by atoms with Gasteiger partial charge in [0.05, 0.1) is 0 Å². The summed E-state index contributed by atoms with van der Waals surface area (Å²) in [5.74, 6) is -0.326. The Kier molecular flexibility index (Phi) is 4.25. The van der Waals surface area contributed by atoms with Gasteiger partial charge in [0.25, 0.3) is 5.91 Å². The summed E-state index contributed by atoms with van der Waals surface area (Å²) < 4.78 is 0. The van der Waals surface area contributed by atoms with Crippen molar-refractivity contribution >= 4 is 5.91 Å². The fourth-order valence-corrected chi connectivity index (χ4v) is 3.10. The number of amides is 1. The molecule has 22 heavy (non-hydrogen) atoms. The second kappa shape index (κ2) is 6.32. The molecule has 114 valence electrons. The number of carbonyl (C=O) groups excluding carboxylic acids is 1. The smallest absolute Gasteiger partial charge is 0.253 e. The molecule has 1 aliphatic carbocycles. The van der Waals surface area contributed by atoms with E-state index in [1.807, 2.05) is 36.4 Å². The average Bonchev–Trinajstić information content (AvgIpc) is 2.55.